The van der Waals surface area contributed by atoms with Crippen LogP contribution in [0.3, 0.4) is 0 Å². The lowest BCUT2D eigenvalue weighted by atomic mass is 9.89. The summed E-state index contributed by atoms with van der Waals surface area (Å²) in [5.41, 5.74) is 13.1. The molecule has 2 atom stereocenters. The van der Waals surface area contributed by atoms with Crippen molar-refractivity contribution in [3.8, 4) is 0 Å². The third kappa shape index (κ3) is 8.45. The van der Waals surface area contributed by atoms with Crippen LogP contribution < -0.4 is 17.2 Å². The van der Waals surface area contributed by atoms with Gasteiger partial charge in [-0.25, -0.2) is 14.4 Å². The van der Waals surface area contributed by atoms with Gasteiger partial charge in [0.1, 0.15) is 11.2 Å². The maximum Gasteiger partial charge on any atom is 0.412 e. The average molecular weight is 433 g/mol. The molecule has 0 aliphatic carbocycles. The van der Waals surface area contributed by atoms with E-state index in [9.17, 15) is 19.5 Å². The molecule has 0 radical (unpaired) electrons. The summed E-state index contributed by atoms with van der Waals surface area (Å²) in [5.74, 6) is -2.61. The molecule has 0 aromatic heterocycles. The molecule has 7 N–H and O–H groups in total. The molecule has 0 aromatic carbocycles. The van der Waals surface area contributed by atoms with Gasteiger partial charge in [0.05, 0.1) is 6.17 Å². The van der Waals surface area contributed by atoms with Gasteiger partial charge in [-0.15, -0.1) is 0 Å². The van der Waals surface area contributed by atoms with Crippen molar-refractivity contribution < 1.29 is 29.0 Å². The molecule has 1 amide bonds. The Bertz CT molecular complexity index is 585. The molecular formula is C20H40N4O6. The minimum absolute atomic E-state index is 0.185. The predicted molar refractivity (Wildman–Crippen MR) is 113 cm³/mol. The number of ether oxygens (including phenoxy) is 2. The van der Waals surface area contributed by atoms with Crippen LogP contribution in [0.4, 0.5) is 4.79 Å². The van der Waals surface area contributed by atoms with Crippen LogP contribution in [0.1, 0.15) is 73.6 Å². The highest BCUT2D eigenvalue weighted by Crippen LogP contribution is 2.31. The minimum Gasteiger partial charge on any atom is -0.479 e. The largest absolute Gasteiger partial charge is 0.479 e. The van der Waals surface area contributed by atoms with Crippen molar-refractivity contribution >= 4 is 18.0 Å². The molecule has 0 fully saturated rings. The van der Waals surface area contributed by atoms with Crippen LogP contribution in [0.5, 0.6) is 0 Å². The van der Waals surface area contributed by atoms with Gasteiger partial charge in [-0.2, -0.15) is 0 Å². The first-order chi connectivity index (χ1) is 13.6. The maximum atomic E-state index is 13.2. The summed E-state index contributed by atoms with van der Waals surface area (Å²) in [5, 5.41) is 10.2. The summed E-state index contributed by atoms with van der Waals surface area (Å²) in [6.07, 6.45) is -1.01. The fourth-order valence-corrected chi connectivity index (χ4v) is 2.85. The number of rotatable bonds is 11. The fourth-order valence-electron chi connectivity index (χ4n) is 2.85. The molecule has 0 spiro atoms. The molecular weight excluding hydrogens is 392 g/mol. The van der Waals surface area contributed by atoms with Gasteiger partial charge in [0.15, 0.2) is 0 Å². The molecule has 0 aromatic rings. The van der Waals surface area contributed by atoms with Crippen LogP contribution in [0.15, 0.2) is 0 Å². The number of esters is 1. The van der Waals surface area contributed by atoms with E-state index >= 15 is 0 Å². The molecule has 176 valence electrons. The SMILES string of the molecule is CC(C)(C)OC(=O)N(C(N)CCCN)[C@](CCCCN)(C(=O)O)C(=O)OC(C)(C)C. The van der Waals surface area contributed by atoms with Crippen molar-refractivity contribution in [2.24, 2.45) is 17.2 Å². The smallest absolute Gasteiger partial charge is 0.412 e. The number of unbranched alkanes of at least 4 members (excludes halogenated alkanes) is 1. The molecule has 0 rings (SSSR count). The van der Waals surface area contributed by atoms with E-state index in [0.29, 0.717) is 19.4 Å². The van der Waals surface area contributed by atoms with Crippen LogP contribution in [0, 0.1) is 0 Å². The Morgan fingerprint density at radius 3 is 1.80 bits per heavy atom. The zero-order valence-electron chi connectivity index (χ0n) is 19.2. The first-order valence-electron chi connectivity index (χ1n) is 10.3. The number of amides is 1. The first-order valence-corrected chi connectivity index (χ1v) is 10.3. The van der Waals surface area contributed by atoms with Gasteiger partial charge in [0, 0.05) is 0 Å². The fraction of sp³-hybridized carbons (Fsp3) is 0.850. The topological polar surface area (TPSA) is 171 Å². The third-order valence-electron chi connectivity index (χ3n) is 4.12. The second kappa shape index (κ2) is 11.5. The molecule has 0 aliphatic heterocycles. The lowest BCUT2D eigenvalue weighted by Crippen LogP contribution is -2.68. The standard InChI is InChI=1S/C20H40N4O6/c1-18(2,3)29-16(27)20(15(25)26,11-7-8-12-21)24(14(23)10-9-13-22)17(28)30-19(4,5)6/h14H,7-13,21-23H2,1-6H3,(H,25,26)/t14?,20-/m1/s1. The van der Waals surface area contributed by atoms with Crippen molar-refractivity contribution in [3.63, 3.8) is 0 Å². The molecule has 0 saturated heterocycles. The average Bonchev–Trinajstić information content (AvgIpc) is 2.55. The van der Waals surface area contributed by atoms with Gasteiger partial charge in [0.25, 0.3) is 0 Å². The number of nitrogens with zero attached hydrogens (tertiary/aromatic N) is 1. The second-order valence-electron chi connectivity index (χ2n) is 9.26. The Labute approximate surface area is 179 Å². The molecule has 0 aliphatic rings. The Kier molecular flexibility index (Phi) is 10.7. The van der Waals surface area contributed by atoms with E-state index in [2.05, 4.69) is 0 Å². The lowest BCUT2D eigenvalue weighted by molar-refractivity contribution is -0.182. The molecule has 10 nitrogen and oxygen atoms in total. The first kappa shape index (κ1) is 28.1. The minimum atomic E-state index is -2.36. The van der Waals surface area contributed by atoms with Crippen molar-refractivity contribution in [3.05, 3.63) is 0 Å². The van der Waals surface area contributed by atoms with E-state index in [1.807, 2.05) is 0 Å². The van der Waals surface area contributed by atoms with Crippen LogP contribution in [0.25, 0.3) is 0 Å². The van der Waals surface area contributed by atoms with E-state index in [1.165, 1.54) is 0 Å². The van der Waals surface area contributed by atoms with E-state index in [4.69, 9.17) is 26.7 Å². The molecule has 30 heavy (non-hydrogen) atoms. The highest BCUT2D eigenvalue weighted by molar-refractivity contribution is 6.06. The number of nitrogens with two attached hydrogens (primary N) is 3. The Hall–Kier alpha value is -1.91. The summed E-state index contributed by atoms with van der Waals surface area (Å²) in [6, 6.07) is 0. The van der Waals surface area contributed by atoms with Gasteiger partial charge < -0.3 is 31.8 Å². The second-order valence-corrected chi connectivity index (χ2v) is 9.26. The summed E-state index contributed by atoms with van der Waals surface area (Å²) >= 11 is 0. The molecule has 0 saturated carbocycles. The highest BCUT2D eigenvalue weighted by Gasteiger charge is 2.57. The number of hydrogen-bond acceptors (Lipinski definition) is 8. The summed E-state index contributed by atoms with van der Waals surface area (Å²) < 4.78 is 10.9. The summed E-state index contributed by atoms with van der Waals surface area (Å²) in [4.78, 5) is 39.7. The van der Waals surface area contributed by atoms with Gasteiger partial charge in [0.2, 0.25) is 5.54 Å². The summed E-state index contributed by atoms with van der Waals surface area (Å²) in [6.45, 7) is 10.3. The van der Waals surface area contributed by atoms with Gasteiger partial charge >= 0.3 is 18.0 Å². The van der Waals surface area contributed by atoms with Crippen molar-refractivity contribution in [1.82, 2.24) is 4.90 Å². The Morgan fingerprint density at radius 1 is 0.900 bits per heavy atom. The van der Waals surface area contributed by atoms with Crippen LogP contribution >= 0.6 is 0 Å². The highest BCUT2D eigenvalue weighted by atomic mass is 16.6. The van der Waals surface area contributed by atoms with Crippen LogP contribution in [-0.4, -0.2) is 64.0 Å². The molecule has 0 bridgehead atoms. The molecule has 1 unspecified atom stereocenters. The lowest BCUT2D eigenvalue weighted by Gasteiger charge is -2.43. The number of carbonyl (C=O) groups is 3. The zero-order valence-corrected chi connectivity index (χ0v) is 19.2. The van der Waals surface area contributed by atoms with Crippen LogP contribution in [-0.2, 0) is 19.1 Å². The van der Waals surface area contributed by atoms with Crippen LogP contribution in [0.2, 0.25) is 0 Å². The Morgan fingerprint density at radius 2 is 1.40 bits per heavy atom. The molecule has 0 heterocycles. The van der Waals surface area contributed by atoms with Crippen molar-refractivity contribution in [2.45, 2.75) is 96.6 Å². The van der Waals surface area contributed by atoms with Gasteiger partial charge in [-0.3, -0.25) is 4.90 Å². The number of hydrogen-bond donors (Lipinski definition) is 4. The van der Waals surface area contributed by atoms with E-state index in [-0.39, 0.29) is 25.8 Å². The predicted octanol–water partition coefficient (Wildman–Crippen LogP) is 1.54. The number of carboxylic acid groups (broad SMARTS) is 1. The van der Waals surface area contributed by atoms with E-state index in [1.54, 1.807) is 41.5 Å². The molecule has 10 heteroatoms. The Balaban J connectivity index is 6.53. The number of carbonyl (C=O) groups excluding carboxylic acids is 2. The van der Waals surface area contributed by atoms with Crippen molar-refractivity contribution in [2.75, 3.05) is 13.1 Å². The summed E-state index contributed by atoms with van der Waals surface area (Å²) in [7, 11) is 0. The van der Waals surface area contributed by atoms with E-state index < -0.39 is 40.9 Å². The monoisotopic (exact) mass is 432 g/mol. The quantitative estimate of drug-likeness (QED) is 0.163. The number of aliphatic carboxylic acids is 1. The van der Waals surface area contributed by atoms with Gasteiger partial charge in [-0.1, -0.05) is 0 Å². The van der Waals surface area contributed by atoms with Crippen molar-refractivity contribution in [1.29, 1.82) is 0 Å². The third-order valence-corrected chi connectivity index (χ3v) is 4.12. The normalized spacial score (nSPS) is 15.1. The zero-order chi connectivity index (χ0) is 23.8. The van der Waals surface area contributed by atoms with Gasteiger partial charge in [-0.05, 0) is 86.7 Å². The van der Waals surface area contributed by atoms with E-state index in [0.717, 1.165) is 4.90 Å². The number of carboxylic acids is 1. The maximum absolute atomic E-state index is 13.2.